The van der Waals surface area contributed by atoms with Crippen molar-refractivity contribution in [1.29, 1.82) is 0 Å². The molecule has 3 atom stereocenters. The molecule has 0 bridgehead atoms. The first-order valence-corrected chi connectivity index (χ1v) is 11.4. The maximum atomic E-state index is 12.5. The number of thioether (sulfide) groups is 2. The van der Waals surface area contributed by atoms with Crippen LogP contribution >= 0.6 is 34.9 Å². The number of hydrogen-bond acceptors (Lipinski definition) is 8. The van der Waals surface area contributed by atoms with E-state index in [1.54, 1.807) is 4.90 Å². The predicted octanol–water partition coefficient (Wildman–Crippen LogP) is 0.672. The van der Waals surface area contributed by atoms with Gasteiger partial charge in [-0.15, -0.1) is 33.3 Å². The number of fused-ring (bicyclic) bond motifs is 1. The van der Waals surface area contributed by atoms with Gasteiger partial charge in [0.25, 0.3) is 0 Å². The Balaban J connectivity index is 1.37. The van der Waals surface area contributed by atoms with E-state index < -0.39 is 17.4 Å². The number of carbonyl (C=O) groups excluding carboxylic acids is 2. The molecule has 2 aliphatic rings. The van der Waals surface area contributed by atoms with E-state index in [0.29, 0.717) is 10.9 Å². The standard InChI is InChI=1S/C16H17N5O4S3/c22-10(4-9-2-1-3-26-9)19-11-12(23)21-5-16(14(24)25,6-27-13(11)21)7-28-15-17-8-18-20-15/h1-3,8,11,13H,4-7H2,(H,19,22)(H,24,25)(H,17,18,20)/t11?,13-,16?/m1/s1. The van der Waals surface area contributed by atoms with Crippen molar-refractivity contribution in [2.75, 3.05) is 18.1 Å². The molecule has 0 saturated carbocycles. The molecule has 3 N–H and O–H groups in total. The van der Waals surface area contributed by atoms with Gasteiger partial charge in [-0.25, -0.2) is 0 Å². The second-order valence-electron chi connectivity index (χ2n) is 6.64. The Hall–Kier alpha value is -2.05. The number of nitrogens with one attached hydrogen (secondary N) is 2. The molecular weight excluding hydrogens is 422 g/mol. The number of rotatable bonds is 7. The monoisotopic (exact) mass is 439 g/mol. The molecule has 0 aromatic carbocycles. The van der Waals surface area contributed by atoms with E-state index in [1.807, 2.05) is 17.5 Å². The van der Waals surface area contributed by atoms with Crippen LogP contribution in [0.2, 0.25) is 0 Å². The van der Waals surface area contributed by atoms with Crippen LogP contribution in [-0.2, 0) is 20.8 Å². The minimum atomic E-state index is -1.07. The van der Waals surface area contributed by atoms with Crippen molar-refractivity contribution >= 4 is 52.6 Å². The SMILES string of the molecule is O=C(Cc1cccs1)NC1C(=O)N2CC(CSc3nnc[nH]3)(C(=O)O)CS[C@H]12. The van der Waals surface area contributed by atoms with Gasteiger partial charge in [0.05, 0.1) is 6.42 Å². The van der Waals surface area contributed by atoms with Gasteiger partial charge in [-0.2, -0.15) is 0 Å². The third kappa shape index (κ3) is 3.63. The van der Waals surface area contributed by atoms with E-state index in [4.69, 9.17) is 0 Å². The quantitative estimate of drug-likeness (QED) is 0.424. The Kier molecular flexibility index (Phi) is 5.34. The minimum absolute atomic E-state index is 0.122. The lowest BCUT2D eigenvalue weighted by atomic mass is 9.89. The van der Waals surface area contributed by atoms with Crippen LogP contribution in [0.5, 0.6) is 0 Å². The van der Waals surface area contributed by atoms with Crippen LogP contribution in [0.25, 0.3) is 0 Å². The van der Waals surface area contributed by atoms with Crippen molar-refractivity contribution in [3.05, 3.63) is 28.7 Å². The van der Waals surface area contributed by atoms with E-state index in [2.05, 4.69) is 20.5 Å². The highest BCUT2D eigenvalue weighted by Gasteiger charge is 2.57. The third-order valence-corrected chi connectivity index (χ3v) is 8.34. The van der Waals surface area contributed by atoms with Crippen molar-refractivity contribution in [2.45, 2.75) is 23.0 Å². The number of nitrogens with zero attached hydrogens (tertiary/aromatic N) is 3. The van der Waals surface area contributed by atoms with Gasteiger partial charge in [0.15, 0.2) is 5.16 Å². The zero-order valence-corrected chi connectivity index (χ0v) is 17.0. The van der Waals surface area contributed by atoms with E-state index in [-0.39, 0.29) is 35.9 Å². The van der Waals surface area contributed by atoms with Crippen LogP contribution in [-0.4, -0.2) is 72.4 Å². The van der Waals surface area contributed by atoms with Crippen molar-refractivity contribution in [3.8, 4) is 0 Å². The molecular formula is C16H17N5O4S3. The highest BCUT2D eigenvalue weighted by atomic mass is 32.2. The molecule has 2 aromatic heterocycles. The number of H-pyrrole nitrogens is 1. The molecule has 28 heavy (non-hydrogen) atoms. The fourth-order valence-electron chi connectivity index (χ4n) is 3.17. The smallest absolute Gasteiger partial charge is 0.313 e. The Morgan fingerprint density at radius 2 is 2.36 bits per heavy atom. The summed E-state index contributed by atoms with van der Waals surface area (Å²) in [5.41, 5.74) is -1.07. The number of carboxylic acids is 1. The zero-order valence-electron chi connectivity index (χ0n) is 14.5. The Morgan fingerprint density at radius 1 is 1.50 bits per heavy atom. The molecule has 2 fully saturated rings. The number of aliphatic carboxylic acids is 1. The van der Waals surface area contributed by atoms with Gasteiger partial charge < -0.3 is 20.3 Å². The van der Waals surface area contributed by atoms with Crippen LogP contribution in [0, 0.1) is 5.41 Å². The Bertz CT molecular complexity index is 875. The van der Waals surface area contributed by atoms with Crippen molar-refractivity contribution in [2.24, 2.45) is 5.41 Å². The maximum Gasteiger partial charge on any atom is 0.313 e. The normalized spacial score (nSPS) is 26.4. The molecule has 2 saturated heterocycles. The number of carboxylic acid groups (broad SMARTS) is 1. The molecule has 148 valence electrons. The second kappa shape index (κ2) is 7.76. The summed E-state index contributed by atoms with van der Waals surface area (Å²) in [6, 6.07) is 3.16. The van der Waals surface area contributed by atoms with Crippen molar-refractivity contribution in [1.82, 2.24) is 25.4 Å². The highest BCUT2D eigenvalue weighted by Crippen LogP contribution is 2.44. The van der Waals surface area contributed by atoms with E-state index in [0.717, 1.165) is 4.88 Å². The fraction of sp³-hybridized carbons (Fsp3) is 0.438. The molecule has 12 heteroatoms. The van der Waals surface area contributed by atoms with Gasteiger partial charge in [-0.05, 0) is 11.4 Å². The molecule has 2 aliphatic heterocycles. The molecule has 4 rings (SSSR count). The Morgan fingerprint density at radius 3 is 3.04 bits per heavy atom. The van der Waals surface area contributed by atoms with Gasteiger partial charge in [-0.3, -0.25) is 14.4 Å². The van der Waals surface area contributed by atoms with E-state index in [1.165, 1.54) is 41.2 Å². The number of aromatic amines is 1. The van der Waals surface area contributed by atoms with Crippen LogP contribution in [0.1, 0.15) is 4.88 Å². The molecule has 2 unspecified atom stereocenters. The molecule has 9 nitrogen and oxygen atoms in total. The van der Waals surface area contributed by atoms with Crippen molar-refractivity contribution < 1.29 is 19.5 Å². The van der Waals surface area contributed by atoms with Gasteiger partial charge >= 0.3 is 5.97 Å². The first kappa shape index (κ1) is 19.3. The average molecular weight is 440 g/mol. The van der Waals surface area contributed by atoms with Crippen molar-refractivity contribution in [3.63, 3.8) is 0 Å². The summed E-state index contributed by atoms with van der Waals surface area (Å²) in [4.78, 5) is 42.1. The van der Waals surface area contributed by atoms with Gasteiger partial charge in [0.1, 0.15) is 23.2 Å². The molecule has 0 radical (unpaired) electrons. The number of thiophene rings is 1. The van der Waals surface area contributed by atoms with Crippen LogP contribution in [0.4, 0.5) is 0 Å². The summed E-state index contributed by atoms with van der Waals surface area (Å²) < 4.78 is 0. The van der Waals surface area contributed by atoms with Gasteiger partial charge in [0, 0.05) is 22.9 Å². The number of amides is 2. The maximum absolute atomic E-state index is 12.5. The third-order valence-electron chi connectivity index (χ3n) is 4.71. The molecule has 4 heterocycles. The van der Waals surface area contributed by atoms with Crippen LogP contribution in [0.15, 0.2) is 29.0 Å². The van der Waals surface area contributed by atoms with Crippen LogP contribution < -0.4 is 5.32 Å². The lowest BCUT2D eigenvalue weighted by molar-refractivity contribution is -0.157. The number of hydrogen-bond donors (Lipinski definition) is 3. The number of β-lactam (4-membered cyclic amide) rings is 1. The predicted molar refractivity (Wildman–Crippen MR) is 105 cm³/mol. The first-order valence-electron chi connectivity index (χ1n) is 8.45. The number of carbonyl (C=O) groups is 3. The van der Waals surface area contributed by atoms with Crippen LogP contribution in [0.3, 0.4) is 0 Å². The lowest BCUT2D eigenvalue weighted by Crippen LogP contribution is -2.74. The average Bonchev–Trinajstić information content (AvgIpc) is 3.38. The molecule has 0 spiro atoms. The Labute approximate surface area is 172 Å². The van der Waals surface area contributed by atoms with E-state index in [9.17, 15) is 19.5 Å². The number of aromatic nitrogens is 3. The molecule has 2 amide bonds. The molecule has 2 aromatic rings. The van der Waals surface area contributed by atoms with E-state index >= 15 is 0 Å². The second-order valence-corrected chi connectivity index (χ2v) is 9.74. The summed E-state index contributed by atoms with van der Waals surface area (Å²) in [7, 11) is 0. The topological polar surface area (TPSA) is 128 Å². The summed E-state index contributed by atoms with van der Waals surface area (Å²) in [5, 5.41) is 22.4. The lowest BCUT2D eigenvalue weighted by Gasteiger charge is -2.53. The summed E-state index contributed by atoms with van der Waals surface area (Å²) in [6.07, 6.45) is 1.68. The summed E-state index contributed by atoms with van der Waals surface area (Å²) in [6.45, 7) is 0.122. The summed E-state index contributed by atoms with van der Waals surface area (Å²) in [5.74, 6) is -0.737. The first-order chi connectivity index (χ1) is 13.5. The fourth-order valence-corrected chi connectivity index (χ4v) is 6.52. The molecule has 0 aliphatic carbocycles. The minimum Gasteiger partial charge on any atom is -0.481 e. The highest BCUT2D eigenvalue weighted by molar-refractivity contribution is 8.00. The zero-order chi connectivity index (χ0) is 19.7. The van der Waals surface area contributed by atoms with Gasteiger partial charge in [0.2, 0.25) is 11.8 Å². The largest absolute Gasteiger partial charge is 0.481 e. The summed E-state index contributed by atoms with van der Waals surface area (Å²) >= 11 is 4.17. The van der Waals surface area contributed by atoms with Gasteiger partial charge in [-0.1, -0.05) is 17.8 Å².